The number of anilines is 1. The fourth-order valence-corrected chi connectivity index (χ4v) is 5.60. The smallest absolute Gasteiger partial charge is 0.346 e. The zero-order chi connectivity index (χ0) is 20.6. The number of nitro benzene ring substituents is 1. The van der Waals surface area contributed by atoms with E-state index >= 15 is 0 Å². The third-order valence-electron chi connectivity index (χ3n) is 4.25. The monoisotopic (exact) mass is 422 g/mol. The van der Waals surface area contributed by atoms with Crippen molar-refractivity contribution in [1.82, 2.24) is 4.90 Å². The molecule has 0 saturated heterocycles. The fourth-order valence-electron chi connectivity index (χ4n) is 2.72. The highest BCUT2D eigenvalue weighted by Crippen LogP contribution is 2.58. The number of hydrogen-bond acceptors (Lipinski definition) is 10. The normalized spacial score (nSPS) is 21.4. The van der Waals surface area contributed by atoms with Crippen molar-refractivity contribution in [3.8, 4) is 0 Å². The maximum absolute atomic E-state index is 12.4. The minimum atomic E-state index is -0.941. The van der Waals surface area contributed by atoms with Crippen molar-refractivity contribution in [2.24, 2.45) is 5.10 Å². The van der Waals surface area contributed by atoms with Gasteiger partial charge in [0, 0.05) is 31.8 Å². The number of ether oxygens (including phenoxy) is 1. The summed E-state index contributed by atoms with van der Waals surface area (Å²) in [4.78, 5) is 37.1. The first-order valence-corrected chi connectivity index (χ1v) is 9.98. The number of Topliss-reactive ketones (excluding diaryl/α,β-unsaturated/α-hetero) is 1. The second-order valence-corrected chi connectivity index (χ2v) is 8.59. The second kappa shape index (κ2) is 7.47. The lowest BCUT2D eigenvalue weighted by Gasteiger charge is -2.39. The van der Waals surface area contributed by atoms with Gasteiger partial charge in [0.05, 0.1) is 17.2 Å². The van der Waals surface area contributed by atoms with Crippen LogP contribution in [0.3, 0.4) is 0 Å². The van der Waals surface area contributed by atoms with Gasteiger partial charge in [-0.3, -0.25) is 14.9 Å². The second-order valence-electron chi connectivity index (χ2n) is 5.99. The highest BCUT2D eigenvalue weighted by atomic mass is 32.2. The lowest BCUT2D eigenvalue weighted by molar-refractivity contribution is -0.384. The Morgan fingerprint density at radius 1 is 1.29 bits per heavy atom. The molecule has 148 valence electrons. The van der Waals surface area contributed by atoms with Crippen LogP contribution in [0.15, 0.2) is 40.0 Å². The number of nitrogens with zero attached hydrogens (tertiary/aromatic N) is 4. The summed E-state index contributed by atoms with van der Waals surface area (Å²) in [6, 6.07) is 5.89. The fraction of sp³-hybridized carbons (Fsp3) is 0.353. The van der Waals surface area contributed by atoms with Gasteiger partial charge in [-0.05, 0) is 37.7 Å². The van der Waals surface area contributed by atoms with Crippen molar-refractivity contribution in [3.63, 3.8) is 0 Å². The van der Waals surface area contributed by atoms with Crippen LogP contribution in [-0.4, -0.2) is 44.6 Å². The number of benzene rings is 1. The maximum atomic E-state index is 12.4. The summed E-state index contributed by atoms with van der Waals surface area (Å²) in [6.45, 7) is 5.21. The maximum Gasteiger partial charge on any atom is 0.346 e. The molecule has 0 aromatic heterocycles. The Balaban J connectivity index is 2.03. The molecule has 9 nitrogen and oxygen atoms in total. The molecule has 0 N–H and O–H groups in total. The van der Waals surface area contributed by atoms with E-state index in [1.54, 1.807) is 38.0 Å². The van der Waals surface area contributed by atoms with Crippen LogP contribution in [-0.2, 0) is 14.3 Å². The van der Waals surface area contributed by atoms with Crippen molar-refractivity contribution >= 4 is 51.7 Å². The number of thioether (sulfide) groups is 2. The molecule has 0 saturated carbocycles. The average Bonchev–Trinajstić information content (AvgIpc) is 3.16. The molecule has 1 atom stereocenters. The van der Waals surface area contributed by atoms with E-state index in [1.165, 1.54) is 42.6 Å². The van der Waals surface area contributed by atoms with E-state index in [1.807, 2.05) is 4.90 Å². The Labute approximate surface area is 169 Å². The lowest BCUT2D eigenvalue weighted by atomic mass is 10.3. The summed E-state index contributed by atoms with van der Waals surface area (Å²) >= 11 is 2.46. The number of nitro groups is 1. The first-order valence-electron chi connectivity index (χ1n) is 8.35. The quantitative estimate of drug-likeness (QED) is 0.402. The van der Waals surface area contributed by atoms with Crippen molar-refractivity contribution in [2.75, 3.05) is 18.7 Å². The highest BCUT2D eigenvalue weighted by Gasteiger charge is 2.56. The van der Waals surface area contributed by atoms with E-state index < -0.39 is 15.2 Å². The minimum Gasteiger partial charge on any atom is -0.462 e. The molecule has 0 bridgehead atoms. The molecule has 0 fully saturated rings. The van der Waals surface area contributed by atoms with Crippen LogP contribution in [0.1, 0.15) is 20.8 Å². The number of hydrazone groups is 1. The summed E-state index contributed by atoms with van der Waals surface area (Å²) < 4.78 is 4.21. The molecule has 0 radical (unpaired) electrons. The molecule has 3 rings (SSSR count). The molecule has 1 aromatic carbocycles. The summed E-state index contributed by atoms with van der Waals surface area (Å²) in [5, 5.41) is 17.3. The summed E-state index contributed by atoms with van der Waals surface area (Å²) in [7, 11) is 1.80. The molecule has 1 aromatic rings. The Kier molecular flexibility index (Phi) is 5.39. The predicted octanol–water partition coefficient (Wildman–Crippen LogP) is 3.14. The Hall–Kier alpha value is -2.53. The minimum absolute atomic E-state index is 0.0469. The highest BCUT2D eigenvalue weighted by molar-refractivity contribution is 8.28. The van der Waals surface area contributed by atoms with Crippen LogP contribution >= 0.6 is 23.5 Å². The average molecular weight is 422 g/mol. The lowest BCUT2D eigenvalue weighted by Crippen LogP contribution is -2.47. The van der Waals surface area contributed by atoms with Crippen LogP contribution in [0.25, 0.3) is 0 Å². The van der Waals surface area contributed by atoms with Gasteiger partial charge in [-0.25, -0.2) is 9.80 Å². The largest absolute Gasteiger partial charge is 0.462 e. The molecule has 0 aliphatic carbocycles. The molecule has 1 spiro atoms. The van der Waals surface area contributed by atoms with Gasteiger partial charge in [0.15, 0.2) is 10.8 Å². The molecule has 0 amide bonds. The number of rotatable bonds is 5. The van der Waals surface area contributed by atoms with E-state index in [9.17, 15) is 19.7 Å². The number of non-ortho nitro benzene ring substituents is 1. The standard InChI is InChI=1S/C17H18N4O5S2/c1-5-26-16(23)14-10(2)19(4)17(27-14)20(18-15(28-17)11(3)22)12-6-8-13(9-7-12)21(24)25/h6-9H,5H2,1-4H3/t17-/m0/s1. The van der Waals surface area contributed by atoms with Gasteiger partial charge in [0.25, 0.3) is 5.69 Å². The van der Waals surface area contributed by atoms with E-state index in [-0.39, 0.29) is 23.1 Å². The molecular formula is C17H18N4O5S2. The van der Waals surface area contributed by atoms with Crippen molar-refractivity contribution in [2.45, 2.75) is 25.1 Å². The molecule has 2 aliphatic heterocycles. The zero-order valence-corrected chi connectivity index (χ0v) is 17.3. The Bertz CT molecular complexity index is 915. The summed E-state index contributed by atoms with van der Waals surface area (Å²) in [5.41, 5.74) is 1.21. The van der Waals surface area contributed by atoms with Gasteiger partial charge in [0.2, 0.25) is 4.33 Å². The third-order valence-corrected chi connectivity index (χ3v) is 7.40. The summed E-state index contributed by atoms with van der Waals surface area (Å²) in [6.07, 6.45) is 0. The van der Waals surface area contributed by atoms with Gasteiger partial charge in [0.1, 0.15) is 4.91 Å². The third kappa shape index (κ3) is 3.24. The van der Waals surface area contributed by atoms with E-state index in [0.717, 1.165) is 0 Å². The van der Waals surface area contributed by atoms with Gasteiger partial charge in [-0.2, -0.15) is 5.10 Å². The van der Waals surface area contributed by atoms with Crippen molar-refractivity contribution in [3.05, 3.63) is 45.0 Å². The Morgan fingerprint density at radius 3 is 2.46 bits per heavy atom. The molecule has 11 heteroatoms. The van der Waals surface area contributed by atoms with Crippen molar-refractivity contribution < 1.29 is 19.2 Å². The number of ketones is 1. The molecule has 2 aliphatic rings. The predicted molar refractivity (Wildman–Crippen MR) is 109 cm³/mol. The van der Waals surface area contributed by atoms with Crippen LogP contribution in [0, 0.1) is 10.1 Å². The Morgan fingerprint density at radius 2 is 1.93 bits per heavy atom. The first-order chi connectivity index (χ1) is 13.2. The number of hydrogen-bond donors (Lipinski definition) is 0. The van der Waals surface area contributed by atoms with E-state index in [2.05, 4.69) is 5.10 Å². The first kappa shape index (κ1) is 20.2. The van der Waals surface area contributed by atoms with Crippen LogP contribution in [0.2, 0.25) is 0 Å². The molecule has 28 heavy (non-hydrogen) atoms. The SMILES string of the molecule is CCOC(=O)C1=C(C)N(C)[C@@]2(SC(C(C)=O)=NN2c2ccc([N+](=O)[O-])cc2)S1. The molecule has 2 heterocycles. The number of carbonyl (C=O) groups is 2. The van der Waals surface area contributed by atoms with Gasteiger partial charge in [-0.1, -0.05) is 11.8 Å². The number of allylic oxidation sites excluding steroid dienone is 1. The van der Waals surface area contributed by atoms with Crippen LogP contribution in [0.5, 0.6) is 0 Å². The van der Waals surface area contributed by atoms with Crippen molar-refractivity contribution in [1.29, 1.82) is 0 Å². The molecular weight excluding hydrogens is 404 g/mol. The van der Waals surface area contributed by atoms with Crippen LogP contribution < -0.4 is 5.01 Å². The summed E-state index contributed by atoms with van der Waals surface area (Å²) in [5.74, 6) is -0.640. The van der Waals surface area contributed by atoms with E-state index in [4.69, 9.17) is 4.74 Å². The van der Waals surface area contributed by atoms with Gasteiger partial charge in [-0.15, -0.1) is 0 Å². The zero-order valence-electron chi connectivity index (χ0n) is 15.7. The topological polar surface area (TPSA) is 105 Å². The van der Waals surface area contributed by atoms with E-state index in [0.29, 0.717) is 16.3 Å². The van der Waals surface area contributed by atoms with Gasteiger partial charge < -0.3 is 9.64 Å². The van der Waals surface area contributed by atoms with Crippen LogP contribution in [0.4, 0.5) is 11.4 Å². The molecule has 0 unspecified atom stereocenters. The van der Waals surface area contributed by atoms with Gasteiger partial charge >= 0.3 is 5.97 Å². The number of esters is 1. The number of carbonyl (C=O) groups excluding carboxylic acids is 2.